The molecule has 0 radical (unpaired) electrons. The van der Waals surface area contributed by atoms with Gasteiger partial charge in [0, 0.05) is 14.5 Å². The molecule has 7 heteroatoms. The molecular weight excluding hydrogens is 935 g/mol. The van der Waals surface area contributed by atoms with Crippen LogP contribution in [-0.2, 0) is 8.82 Å². The molecule has 0 N–H and O–H groups in total. The predicted molar refractivity (Wildman–Crippen MR) is 306 cm³/mol. The van der Waals surface area contributed by atoms with Crippen LogP contribution in [0.25, 0.3) is 0 Å². The Morgan fingerprint density at radius 1 is 0.190 bits per heavy atom. The van der Waals surface area contributed by atoms with E-state index in [1.807, 2.05) is 0 Å². The van der Waals surface area contributed by atoms with Crippen molar-refractivity contribution in [3.8, 4) is 0 Å². The Balaban J connectivity index is -0.00000103. The van der Waals surface area contributed by atoms with Crippen molar-refractivity contribution in [1.82, 2.24) is 0 Å². The van der Waals surface area contributed by atoms with Gasteiger partial charge in [0.15, 0.2) is 0 Å². The molecule has 0 fully saturated rings. The van der Waals surface area contributed by atoms with Crippen molar-refractivity contribution in [3.63, 3.8) is 0 Å². The van der Waals surface area contributed by atoms with Crippen molar-refractivity contribution in [2.24, 2.45) is 0 Å². The maximum atomic E-state index is 4.92. The standard InChI is InChI=1S/2C28H60P.4ClH.Ni/c2*1-5-9-13-14-15-16-17-18-19-20-21-22-23-24-28-29(25-10-6-2,26-11-7-3)27-12-8-4;;;;;/h2*5-28H2,1-4H3;4*1H;/q2*+1;;;;;+2/p-4. The summed E-state index contributed by atoms with van der Waals surface area (Å²) in [4.78, 5) is 0. The second-order valence-corrected chi connectivity index (χ2v) is 38.8. The maximum absolute atomic E-state index is 4.92. The van der Waals surface area contributed by atoms with E-state index in [1.165, 1.54) is 244 Å². The van der Waals surface area contributed by atoms with E-state index < -0.39 is 23.3 Å². The molecule has 0 atom stereocenters. The van der Waals surface area contributed by atoms with Crippen molar-refractivity contribution < 1.29 is 8.82 Å². The van der Waals surface area contributed by atoms with Gasteiger partial charge in [0.25, 0.3) is 0 Å². The summed E-state index contributed by atoms with van der Waals surface area (Å²) < 4.78 is 0. The normalized spacial score (nSPS) is 12.3. The fraction of sp³-hybridized carbons (Fsp3) is 1.00. The van der Waals surface area contributed by atoms with E-state index in [0.717, 1.165) is 0 Å². The van der Waals surface area contributed by atoms with E-state index >= 15 is 0 Å². The third-order valence-electron chi connectivity index (χ3n) is 13.9. The van der Waals surface area contributed by atoms with E-state index in [2.05, 4.69) is 55.4 Å². The third-order valence-corrected chi connectivity index (χ3v) is 24.0. The first-order valence-corrected chi connectivity index (χ1v) is 39.2. The van der Waals surface area contributed by atoms with Crippen LogP contribution in [0.3, 0.4) is 0 Å². The van der Waals surface area contributed by atoms with Crippen molar-refractivity contribution >= 4 is 55.3 Å². The van der Waals surface area contributed by atoms with E-state index in [4.69, 9.17) is 40.8 Å². The quantitative estimate of drug-likeness (QED) is 0.0324. The number of hydrogen-bond acceptors (Lipinski definition) is 0. The number of rotatable bonds is 48. The van der Waals surface area contributed by atoms with Crippen LogP contribution in [0.15, 0.2) is 0 Å². The SMILES string of the molecule is CCCCCCCCCCCCCCCC[P+](CCCC)(CCCC)CCCC.CCCCCCCCCCCCCCCC[P+](CCCC)(CCCC)CCCC.[Cl][Ni-2]([Cl])([Cl])[Cl]. The van der Waals surface area contributed by atoms with Gasteiger partial charge in [-0.3, -0.25) is 0 Å². The van der Waals surface area contributed by atoms with Crippen LogP contribution in [0.5, 0.6) is 0 Å². The second kappa shape index (κ2) is 55.4. The molecule has 0 saturated heterocycles. The van der Waals surface area contributed by atoms with Crippen LogP contribution in [-0.4, -0.2) is 49.3 Å². The molecule has 0 bridgehead atoms. The molecule has 392 valence electrons. The van der Waals surface area contributed by atoms with Crippen molar-refractivity contribution in [2.45, 2.75) is 312 Å². The van der Waals surface area contributed by atoms with Gasteiger partial charge in [0.1, 0.15) is 0 Å². The minimum atomic E-state index is -2.36. The molecule has 0 aromatic heterocycles. The molecule has 63 heavy (non-hydrogen) atoms. The molecule has 0 aromatic rings. The van der Waals surface area contributed by atoms with E-state index in [-0.39, 0.29) is 0 Å². The van der Waals surface area contributed by atoms with Crippen molar-refractivity contribution in [1.29, 1.82) is 0 Å². The van der Waals surface area contributed by atoms with Crippen LogP contribution in [0, 0.1) is 0 Å². The molecule has 0 aliphatic rings. The molecule has 0 aromatic carbocycles. The zero-order valence-corrected chi connectivity index (χ0v) is 50.5. The van der Waals surface area contributed by atoms with Crippen LogP contribution in [0.2, 0.25) is 0 Å². The van der Waals surface area contributed by atoms with Crippen LogP contribution in [0.4, 0.5) is 0 Å². The van der Waals surface area contributed by atoms with Gasteiger partial charge in [0.05, 0.1) is 49.3 Å². The third kappa shape index (κ3) is 57.0. The van der Waals surface area contributed by atoms with E-state index in [9.17, 15) is 0 Å². The first-order valence-electron chi connectivity index (χ1n) is 28.7. The molecule has 0 heterocycles. The van der Waals surface area contributed by atoms with Crippen LogP contribution >= 0.6 is 55.3 Å². The van der Waals surface area contributed by atoms with E-state index in [1.54, 1.807) is 62.1 Å². The second-order valence-electron chi connectivity index (χ2n) is 20.1. The Bertz CT molecular complexity index is 716. The zero-order chi connectivity index (χ0) is 47.4. The summed E-state index contributed by atoms with van der Waals surface area (Å²) in [5.41, 5.74) is 0. The molecule has 0 rings (SSSR count). The molecule has 0 spiro atoms. The zero-order valence-electron chi connectivity index (χ0n) is 44.7. The number of unbranched alkanes of at least 4 members (excludes halogenated alkanes) is 32. The predicted octanol–water partition coefficient (Wildman–Crippen LogP) is 24.5. The van der Waals surface area contributed by atoms with Gasteiger partial charge in [-0.1, -0.05) is 248 Å². The van der Waals surface area contributed by atoms with Gasteiger partial charge in [0.2, 0.25) is 0 Å². The van der Waals surface area contributed by atoms with Crippen molar-refractivity contribution in [3.05, 3.63) is 0 Å². The van der Waals surface area contributed by atoms with Crippen molar-refractivity contribution in [2.75, 3.05) is 49.3 Å². The summed E-state index contributed by atoms with van der Waals surface area (Å²) in [7, 11) is 16.1. The monoisotopic (exact) mass is 1050 g/mol. The van der Waals surface area contributed by atoms with Gasteiger partial charge in [-0.25, -0.2) is 0 Å². The van der Waals surface area contributed by atoms with Gasteiger partial charge in [-0.05, 0) is 64.2 Å². The molecular formula is C56H120Cl4NiP2. The Hall–Kier alpha value is 2.51. The molecule has 0 saturated carbocycles. The number of hydrogen-bond donors (Lipinski definition) is 0. The fourth-order valence-corrected chi connectivity index (χ4v) is 20.0. The summed E-state index contributed by atoms with van der Waals surface area (Å²) in [5.74, 6) is 0. The Morgan fingerprint density at radius 3 is 0.444 bits per heavy atom. The number of halogens is 4. The van der Waals surface area contributed by atoms with Gasteiger partial charge < -0.3 is 0 Å². The summed E-state index contributed by atoms with van der Waals surface area (Å²) >= 11 is 0. The average Bonchev–Trinajstić information content (AvgIpc) is 3.26. The first-order chi connectivity index (χ1) is 30.5. The average molecular weight is 1060 g/mol. The topological polar surface area (TPSA) is 0 Å². The summed E-state index contributed by atoms with van der Waals surface area (Å²) in [6.07, 6.45) is 71.9. The Morgan fingerprint density at radius 2 is 0.302 bits per heavy atom. The van der Waals surface area contributed by atoms with Crippen LogP contribution < -0.4 is 0 Å². The molecule has 0 amide bonds. The Labute approximate surface area is 422 Å². The first kappa shape index (κ1) is 69.8. The molecule has 0 aliphatic heterocycles. The van der Waals surface area contributed by atoms with Gasteiger partial charge >= 0.3 is 49.6 Å². The molecule has 0 nitrogen and oxygen atoms in total. The van der Waals surface area contributed by atoms with Crippen LogP contribution in [0.1, 0.15) is 312 Å². The fourth-order valence-electron chi connectivity index (χ4n) is 9.59. The minimum absolute atomic E-state index is 0.630. The molecule has 0 aliphatic carbocycles. The van der Waals surface area contributed by atoms with Gasteiger partial charge in [-0.2, -0.15) is 0 Å². The van der Waals surface area contributed by atoms with Gasteiger partial charge in [-0.15, -0.1) is 0 Å². The van der Waals surface area contributed by atoms with E-state index in [0.29, 0.717) is 0 Å². The Kier molecular flexibility index (Phi) is 61.4. The summed E-state index contributed by atoms with van der Waals surface area (Å²) in [6, 6.07) is 0. The molecule has 0 unspecified atom stereocenters. The summed E-state index contributed by atoms with van der Waals surface area (Å²) in [5, 5.41) is 0. The summed E-state index contributed by atoms with van der Waals surface area (Å²) in [6.45, 7) is 19.0.